The largest absolute Gasteiger partial charge is 0.297 e. The summed E-state index contributed by atoms with van der Waals surface area (Å²) >= 11 is 0. The van der Waals surface area contributed by atoms with Crippen molar-refractivity contribution in [1.29, 1.82) is 0 Å². The van der Waals surface area contributed by atoms with E-state index in [1.54, 1.807) is 18.3 Å². The fraction of sp³-hybridized carbons (Fsp3) is 0.300. The van der Waals surface area contributed by atoms with Crippen molar-refractivity contribution in [3.05, 3.63) is 72.6 Å². The van der Waals surface area contributed by atoms with E-state index in [1.807, 2.05) is 49.4 Å². The van der Waals surface area contributed by atoms with E-state index in [4.69, 9.17) is 0 Å². The third-order valence-electron chi connectivity index (χ3n) is 4.66. The highest BCUT2D eigenvalue weighted by Gasteiger charge is 2.44. The van der Waals surface area contributed by atoms with Gasteiger partial charge in [-0.1, -0.05) is 48.0 Å². The molecule has 0 N–H and O–H groups in total. The maximum Gasteiger partial charge on any atom is 0.182 e. The molecule has 24 heavy (non-hydrogen) atoms. The van der Waals surface area contributed by atoms with Gasteiger partial charge >= 0.3 is 0 Å². The van der Waals surface area contributed by atoms with Gasteiger partial charge in [0.05, 0.1) is 10.1 Å². The molecule has 0 saturated heterocycles. The maximum atomic E-state index is 13.2. The summed E-state index contributed by atoms with van der Waals surface area (Å²) in [6, 6.07) is 17.0. The van der Waals surface area contributed by atoms with Gasteiger partial charge in [0.25, 0.3) is 0 Å². The normalized spacial score (nSPS) is 24.0. The highest BCUT2D eigenvalue weighted by Crippen LogP contribution is 2.38. The fourth-order valence-corrected chi connectivity index (χ4v) is 5.29. The molecule has 4 heteroatoms. The summed E-state index contributed by atoms with van der Waals surface area (Å²) in [5, 5.41) is -0.564. The Morgan fingerprint density at radius 2 is 1.79 bits per heavy atom. The van der Waals surface area contributed by atoms with Gasteiger partial charge in [-0.2, -0.15) is 0 Å². The van der Waals surface area contributed by atoms with E-state index < -0.39 is 20.5 Å². The zero-order chi connectivity index (χ0) is 17.2. The van der Waals surface area contributed by atoms with Gasteiger partial charge in [-0.3, -0.25) is 4.99 Å². The molecule has 0 saturated carbocycles. The number of aryl methyl sites for hydroxylation is 1. The molecule has 0 bridgehead atoms. The highest BCUT2D eigenvalue weighted by atomic mass is 32.2. The summed E-state index contributed by atoms with van der Waals surface area (Å²) < 4.78 is 26.4. The minimum absolute atomic E-state index is 0.370. The van der Waals surface area contributed by atoms with Crippen LogP contribution in [0.5, 0.6) is 0 Å². The quantitative estimate of drug-likeness (QED) is 0.852. The third-order valence-corrected chi connectivity index (χ3v) is 7.03. The van der Waals surface area contributed by atoms with Gasteiger partial charge < -0.3 is 0 Å². The Hall–Kier alpha value is -1.94. The molecular formula is C20H22NO2S. The maximum absolute atomic E-state index is 13.2. The number of benzene rings is 2. The Balaban J connectivity index is 1.97. The van der Waals surface area contributed by atoms with Gasteiger partial charge in [0.2, 0.25) is 0 Å². The zero-order valence-electron chi connectivity index (χ0n) is 13.9. The molecule has 2 aromatic rings. The third kappa shape index (κ3) is 3.29. The van der Waals surface area contributed by atoms with Crippen LogP contribution in [0.2, 0.25) is 0 Å². The first kappa shape index (κ1) is 16.9. The van der Waals surface area contributed by atoms with Crippen LogP contribution in [0.15, 0.2) is 64.5 Å². The molecule has 1 radical (unpaired) electrons. The van der Waals surface area contributed by atoms with Gasteiger partial charge in [0, 0.05) is 24.6 Å². The van der Waals surface area contributed by atoms with Gasteiger partial charge in [0.1, 0.15) is 0 Å². The summed E-state index contributed by atoms with van der Waals surface area (Å²) in [6.07, 6.45) is 2.73. The van der Waals surface area contributed by atoms with Crippen LogP contribution >= 0.6 is 0 Å². The smallest absolute Gasteiger partial charge is 0.182 e. The van der Waals surface area contributed by atoms with E-state index in [-0.39, 0.29) is 0 Å². The lowest BCUT2D eigenvalue weighted by Crippen LogP contribution is -2.45. The molecule has 0 aliphatic carbocycles. The Morgan fingerprint density at radius 3 is 2.46 bits per heavy atom. The molecule has 0 fully saturated rings. The molecule has 3 nitrogen and oxygen atoms in total. The number of nitrogens with zero attached hydrogens (tertiary/aromatic N) is 1. The second-order valence-corrected chi connectivity index (χ2v) is 8.76. The molecule has 1 aliphatic rings. The van der Waals surface area contributed by atoms with Crippen LogP contribution in [0.3, 0.4) is 0 Å². The van der Waals surface area contributed by atoms with Gasteiger partial charge in [-0.05, 0) is 38.0 Å². The van der Waals surface area contributed by atoms with Crippen molar-refractivity contribution in [2.45, 2.75) is 29.9 Å². The molecular weight excluding hydrogens is 318 g/mol. The molecule has 125 valence electrons. The Morgan fingerprint density at radius 1 is 1.12 bits per heavy atom. The first-order valence-corrected chi connectivity index (χ1v) is 9.65. The lowest BCUT2D eigenvalue weighted by Gasteiger charge is -2.38. The van der Waals surface area contributed by atoms with Crippen molar-refractivity contribution in [3.8, 4) is 0 Å². The van der Waals surface area contributed by atoms with Crippen molar-refractivity contribution >= 4 is 16.1 Å². The van der Waals surface area contributed by atoms with E-state index in [9.17, 15) is 8.42 Å². The molecule has 3 rings (SSSR count). The Labute approximate surface area is 144 Å². The average molecular weight is 340 g/mol. The fourth-order valence-electron chi connectivity index (χ4n) is 3.29. The van der Waals surface area contributed by atoms with E-state index in [1.165, 1.54) is 0 Å². The van der Waals surface area contributed by atoms with Crippen molar-refractivity contribution < 1.29 is 8.42 Å². The Kier molecular flexibility index (Phi) is 4.59. The van der Waals surface area contributed by atoms with E-state index >= 15 is 0 Å². The molecule has 2 atom stereocenters. The van der Waals surface area contributed by atoms with E-state index in [0.717, 1.165) is 11.1 Å². The number of aliphatic imine (C=N–C) groups is 1. The predicted molar refractivity (Wildman–Crippen MR) is 98.1 cm³/mol. The van der Waals surface area contributed by atoms with Crippen LogP contribution in [0.25, 0.3) is 0 Å². The molecule has 1 aliphatic heterocycles. The lowest BCUT2D eigenvalue weighted by molar-refractivity contribution is 0.351. The predicted octanol–water partition coefficient (Wildman–Crippen LogP) is 3.68. The van der Waals surface area contributed by atoms with Crippen molar-refractivity contribution in [1.82, 2.24) is 0 Å². The molecule has 2 aromatic carbocycles. The number of hydrogen-bond donors (Lipinski definition) is 0. The second kappa shape index (κ2) is 6.52. The molecule has 0 spiro atoms. The van der Waals surface area contributed by atoms with Gasteiger partial charge in [-0.15, -0.1) is 0 Å². The number of rotatable bonds is 4. The molecule has 0 amide bonds. The molecule has 1 unspecified atom stereocenters. The van der Waals surface area contributed by atoms with Crippen LogP contribution in [-0.4, -0.2) is 26.4 Å². The SMILES string of the molecule is [CH2][C@@]1(Cc2ccccc2)CN=CCC1S(=O)(=O)c1ccc(C)cc1. The summed E-state index contributed by atoms with van der Waals surface area (Å²) in [6.45, 7) is 6.70. The van der Waals surface area contributed by atoms with Gasteiger partial charge in [0.15, 0.2) is 9.84 Å². The topological polar surface area (TPSA) is 46.5 Å². The minimum atomic E-state index is -3.46. The summed E-state index contributed by atoms with van der Waals surface area (Å²) in [5.41, 5.74) is 1.48. The monoisotopic (exact) mass is 340 g/mol. The van der Waals surface area contributed by atoms with Crippen LogP contribution in [0.4, 0.5) is 0 Å². The van der Waals surface area contributed by atoms with Crippen LogP contribution in [-0.2, 0) is 16.3 Å². The molecule has 0 aromatic heterocycles. The summed E-state index contributed by atoms with van der Waals surface area (Å²) in [4.78, 5) is 4.72. The van der Waals surface area contributed by atoms with E-state index in [2.05, 4.69) is 11.9 Å². The Bertz CT molecular complexity index is 826. The van der Waals surface area contributed by atoms with Crippen molar-refractivity contribution in [2.24, 2.45) is 10.4 Å². The van der Waals surface area contributed by atoms with E-state index in [0.29, 0.717) is 24.3 Å². The summed E-state index contributed by atoms with van der Waals surface area (Å²) in [5.74, 6) is 0. The first-order chi connectivity index (χ1) is 11.4. The van der Waals surface area contributed by atoms with Crippen molar-refractivity contribution in [2.75, 3.05) is 6.54 Å². The van der Waals surface area contributed by atoms with Gasteiger partial charge in [-0.25, -0.2) is 8.42 Å². The van der Waals surface area contributed by atoms with Crippen LogP contribution < -0.4 is 0 Å². The number of hydrogen-bond acceptors (Lipinski definition) is 3. The second-order valence-electron chi connectivity index (χ2n) is 6.63. The standard InChI is InChI=1S/C20H22NO2S/c1-16-8-10-18(11-9-16)24(22,23)19-12-13-21-15-20(19,2)14-17-6-4-3-5-7-17/h3-11,13,19H,2,12,14-15H2,1H3/t19?,20-/m1/s1. The first-order valence-electron chi connectivity index (χ1n) is 8.10. The molecule has 1 heterocycles. The summed E-state index contributed by atoms with van der Waals surface area (Å²) in [7, 11) is -3.46. The lowest BCUT2D eigenvalue weighted by atomic mass is 9.78. The number of sulfone groups is 1. The minimum Gasteiger partial charge on any atom is -0.297 e. The highest BCUT2D eigenvalue weighted by molar-refractivity contribution is 7.92. The van der Waals surface area contributed by atoms with Crippen LogP contribution in [0.1, 0.15) is 17.5 Å². The van der Waals surface area contributed by atoms with Crippen LogP contribution in [0, 0.1) is 19.3 Å². The van der Waals surface area contributed by atoms with Crippen molar-refractivity contribution in [3.63, 3.8) is 0 Å². The average Bonchev–Trinajstić information content (AvgIpc) is 2.56. The zero-order valence-corrected chi connectivity index (χ0v) is 14.7.